The summed E-state index contributed by atoms with van der Waals surface area (Å²) < 4.78 is 49.5. The van der Waals surface area contributed by atoms with E-state index < -0.39 is 21.3 Å². The number of carbonyl (C=O) groups is 1. The second kappa shape index (κ2) is 6.82. The third-order valence-electron chi connectivity index (χ3n) is 5.59. The maximum Gasteiger partial charge on any atom is 0.276 e. The Hall–Kier alpha value is -2.43. The number of nitrogens with zero attached hydrogens (tertiary/aromatic N) is 1. The van der Waals surface area contributed by atoms with E-state index in [0.717, 1.165) is 0 Å². The fraction of sp³-hybridized carbons (Fsp3) is 0.421. The van der Waals surface area contributed by atoms with Gasteiger partial charge in [-0.25, -0.2) is 17.5 Å². The molecule has 0 radical (unpaired) electrons. The van der Waals surface area contributed by atoms with Gasteiger partial charge >= 0.3 is 0 Å². The Morgan fingerprint density at radius 3 is 2.90 bits per heavy atom. The molecule has 4 rings (SSSR count). The number of carbonyl (C=O) groups excluding carboxylic acids is 1. The van der Waals surface area contributed by atoms with Crippen LogP contribution in [0.1, 0.15) is 23.0 Å². The number of amides is 1. The van der Waals surface area contributed by atoms with E-state index in [0.29, 0.717) is 24.3 Å². The van der Waals surface area contributed by atoms with E-state index in [1.54, 1.807) is 14.0 Å². The third kappa shape index (κ3) is 3.41. The van der Waals surface area contributed by atoms with Crippen LogP contribution in [-0.2, 0) is 17.1 Å². The Balaban J connectivity index is 1.72. The van der Waals surface area contributed by atoms with Crippen molar-refractivity contribution in [2.24, 2.45) is 12.5 Å². The molecule has 1 aromatic carbocycles. The lowest BCUT2D eigenvalue weighted by Crippen LogP contribution is -2.49. The molecule has 2 aromatic rings. The van der Waals surface area contributed by atoms with Gasteiger partial charge in [0.2, 0.25) is 10.0 Å². The Kier molecular flexibility index (Phi) is 4.67. The summed E-state index contributed by atoms with van der Waals surface area (Å²) in [5.74, 6) is -0.898. The second-order valence-electron chi connectivity index (χ2n) is 7.95. The van der Waals surface area contributed by atoms with Gasteiger partial charge in [0.15, 0.2) is 11.4 Å². The van der Waals surface area contributed by atoms with Gasteiger partial charge in [-0.05, 0) is 30.7 Å². The number of nitrogens with one attached hydrogen (secondary N) is 3. The number of fused-ring (bicyclic) bond motifs is 2. The van der Waals surface area contributed by atoms with Gasteiger partial charge < -0.3 is 19.9 Å². The number of hydrogen-bond donors (Lipinski definition) is 3. The molecule has 0 aliphatic carbocycles. The van der Waals surface area contributed by atoms with Crippen molar-refractivity contribution in [1.29, 1.82) is 0 Å². The molecule has 0 bridgehead atoms. The summed E-state index contributed by atoms with van der Waals surface area (Å²) in [6, 6.07) is 3.91. The van der Waals surface area contributed by atoms with Crippen LogP contribution in [0.4, 0.5) is 10.1 Å². The predicted octanol–water partition coefficient (Wildman–Crippen LogP) is 1.37. The van der Waals surface area contributed by atoms with Crippen molar-refractivity contribution in [3.05, 3.63) is 41.5 Å². The molecule has 0 spiro atoms. The molecule has 0 saturated carbocycles. The molecule has 1 saturated heterocycles. The minimum absolute atomic E-state index is 0.0166. The van der Waals surface area contributed by atoms with Crippen molar-refractivity contribution >= 4 is 21.6 Å². The minimum atomic E-state index is -3.88. The average molecular weight is 422 g/mol. The molecule has 3 heterocycles. The van der Waals surface area contributed by atoms with E-state index in [9.17, 15) is 17.6 Å². The number of aryl methyl sites for hydroxylation is 2. The smallest absolute Gasteiger partial charge is 0.276 e. The fourth-order valence-corrected chi connectivity index (χ4v) is 5.34. The first kappa shape index (κ1) is 19.9. The maximum absolute atomic E-state index is 13.5. The number of rotatable bonds is 2. The molecule has 1 fully saturated rings. The molecule has 1 aromatic heterocycles. The first-order chi connectivity index (χ1) is 13.6. The number of benzene rings is 1. The number of sulfonamides is 1. The zero-order chi connectivity index (χ0) is 21.0. The molecular formula is C19H23FN4O4S. The van der Waals surface area contributed by atoms with E-state index in [1.807, 2.05) is 6.92 Å². The van der Waals surface area contributed by atoms with Crippen molar-refractivity contribution in [3.8, 4) is 5.75 Å². The van der Waals surface area contributed by atoms with Gasteiger partial charge in [0.25, 0.3) is 5.91 Å². The molecule has 0 unspecified atom stereocenters. The zero-order valence-electron chi connectivity index (χ0n) is 16.4. The summed E-state index contributed by atoms with van der Waals surface area (Å²) in [4.78, 5) is 12.9. The lowest BCUT2D eigenvalue weighted by Gasteiger charge is -2.32. The van der Waals surface area contributed by atoms with Gasteiger partial charge in [-0.15, -0.1) is 0 Å². The Labute approximate surface area is 168 Å². The van der Waals surface area contributed by atoms with Crippen molar-refractivity contribution in [2.45, 2.75) is 24.8 Å². The summed E-state index contributed by atoms with van der Waals surface area (Å²) in [6.07, 6.45) is 1.37. The van der Waals surface area contributed by atoms with E-state index in [1.165, 1.54) is 29.0 Å². The highest BCUT2D eigenvalue weighted by atomic mass is 32.2. The quantitative estimate of drug-likeness (QED) is 0.679. The van der Waals surface area contributed by atoms with Crippen molar-refractivity contribution in [3.63, 3.8) is 0 Å². The highest BCUT2D eigenvalue weighted by molar-refractivity contribution is 7.89. The van der Waals surface area contributed by atoms with Gasteiger partial charge in [-0.1, -0.05) is 6.92 Å². The molecule has 29 heavy (non-hydrogen) atoms. The predicted molar refractivity (Wildman–Crippen MR) is 105 cm³/mol. The lowest BCUT2D eigenvalue weighted by atomic mass is 9.87. The molecule has 156 valence electrons. The van der Waals surface area contributed by atoms with Crippen LogP contribution in [0.25, 0.3) is 0 Å². The topological polar surface area (TPSA) is 101 Å². The van der Waals surface area contributed by atoms with Crippen LogP contribution in [0.3, 0.4) is 0 Å². The van der Waals surface area contributed by atoms with Gasteiger partial charge in [0, 0.05) is 43.5 Å². The number of ether oxygens (including phenoxy) is 1. The standard InChI is InChI=1S/C19H23FN4O4S/c1-11-6-12(4-5-13(11)20)22-18(25)16-17-14(8-24(16)3)29(26,27)23-15-7-21-9-19(15,2)10-28-17/h4-6,8,15,21,23H,7,9-10H2,1-3H3,(H,22,25)/t15-,19-/m1/s1. The Bertz CT molecular complexity index is 1100. The second-order valence-corrected chi connectivity index (χ2v) is 9.63. The first-order valence-corrected chi connectivity index (χ1v) is 10.7. The number of halogens is 1. The molecule has 10 heteroatoms. The Morgan fingerprint density at radius 1 is 1.41 bits per heavy atom. The zero-order valence-corrected chi connectivity index (χ0v) is 17.2. The summed E-state index contributed by atoms with van der Waals surface area (Å²) in [7, 11) is -2.30. The van der Waals surface area contributed by atoms with E-state index in [-0.39, 0.29) is 34.8 Å². The maximum atomic E-state index is 13.5. The highest BCUT2D eigenvalue weighted by Crippen LogP contribution is 2.37. The molecule has 1 amide bonds. The highest BCUT2D eigenvalue weighted by Gasteiger charge is 2.45. The number of hydrogen-bond acceptors (Lipinski definition) is 5. The number of aromatic nitrogens is 1. The molecule has 8 nitrogen and oxygen atoms in total. The average Bonchev–Trinajstić information content (AvgIpc) is 3.16. The molecule has 2 atom stereocenters. The SMILES string of the molecule is Cc1cc(NC(=O)c2c3c(cn2C)S(=O)(=O)N[C@@H]2CNC[C@]2(C)CO3)ccc1F. The van der Waals surface area contributed by atoms with Gasteiger partial charge in [0.1, 0.15) is 10.7 Å². The van der Waals surface area contributed by atoms with Crippen molar-refractivity contribution in [1.82, 2.24) is 14.6 Å². The molecule has 2 aliphatic rings. The van der Waals surface area contributed by atoms with Crippen molar-refractivity contribution in [2.75, 3.05) is 25.0 Å². The molecule has 2 aliphatic heterocycles. The van der Waals surface area contributed by atoms with E-state index in [2.05, 4.69) is 15.4 Å². The lowest BCUT2D eigenvalue weighted by molar-refractivity contribution is 0.100. The van der Waals surface area contributed by atoms with Crippen LogP contribution in [0, 0.1) is 18.2 Å². The molecular weight excluding hydrogens is 399 g/mol. The summed E-state index contributed by atoms with van der Waals surface area (Å²) in [6.45, 7) is 4.89. The van der Waals surface area contributed by atoms with E-state index >= 15 is 0 Å². The first-order valence-electron chi connectivity index (χ1n) is 9.23. The summed E-state index contributed by atoms with van der Waals surface area (Å²) in [5, 5.41) is 5.87. The minimum Gasteiger partial charge on any atom is -0.489 e. The Morgan fingerprint density at radius 2 is 2.17 bits per heavy atom. The van der Waals surface area contributed by atoms with Crippen molar-refractivity contribution < 1.29 is 22.3 Å². The van der Waals surface area contributed by atoms with Crippen LogP contribution in [0.15, 0.2) is 29.3 Å². The fourth-order valence-electron chi connectivity index (χ4n) is 3.78. The van der Waals surface area contributed by atoms with Gasteiger partial charge in [-0.3, -0.25) is 4.79 Å². The van der Waals surface area contributed by atoms with Crippen LogP contribution in [0.2, 0.25) is 0 Å². The normalized spacial score (nSPS) is 25.3. The van der Waals surface area contributed by atoms with Crippen LogP contribution in [0.5, 0.6) is 5.75 Å². The van der Waals surface area contributed by atoms with Crippen LogP contribution >= 0.6 is 0 Å². The van der Waals surface area contributed by atoms with Crippen LogP contribution in [-0.4, -0.2) is 44.6 Å². The summed E-state index contributed by atoms with van der Waals surface area (Å²) in [5.41, 5.74) is 0.436. The largest absolute Gasteiger partial charge is 0.489 e. The van der Waals surface area contributed by atoms with Gasteiger partial charge in [-0.2, -0.15) is 0 Å². The van der Waals surface area contributed by atoms with E-state index in [4.69, 9.17) is 4.74 Å². The van der Waals surface area contributed by atoms with Gasteiger partial charge in [0.05, 0.1) is 6.61 Å². The monoisotopic (exact) mass is 422 g/mol. The third-order valence-corrected chi connectivity index (χ3v) is 7.05. The number of anilines is 1. The van der Waals surface area contributed by atoms with Crippen LogP contribution < -0.4 is 20.1 Å². The molecule has 3 N–H and O–H groups in total. The summed E-state index contributed by atoms with van der Waals surface area (Å²) >= 11 is 0.